The summed E-state index contributed by atoms with van der Waals surface area (Å²) < 4.78 is 35.7. The van der Waals surface area contributed by atoms with E-state index >= 15 is 0 Å². The number of rotatable bonds is 13. The molecule has 1 N–H and O–H groups in total. The Morgan fingerprint density at radius 2 is 1.77 bits per heavy atom. The first-order valence-corrected chi connectivity index (χ1v) is 16.0. The van der Waals surface area contributed by atoms with Gasteiger partial charge in [-0.3, -0.25) is 4.79 Å². The summed E-state index contributed by atoms with van der Waals surface area (Å²) in [6.07, 6.45) is 1.57. The second kappa shape index (κ2) is 13.9. The molecule has 210 valence electrons. The molecule has 1 heterocycles. The largest absolute Gasteiger partial charge is 0.493 e. The normalized spacial score (nSPS) is 11.4. The number of benzene rings is 3. The number of nitrogens with one attached hydrogen (secondary N) is 1. The lowest BCUT2D eigenvalue weighted by molar-refractivity contribution is -0.118. The molecule has 0 saturated heterocycles. The Labute approximate surface area is 245 Å². The summed E-state index contributed by atoms with van der Waals surface area (Å²) in [5.41, 5.74) is 3.56. The van der Waals surface area contributed by atoms with Gasteiger partial charge in [-0.1, -0.05) is 61.8 Å². The van der Waals surface area contributed by atoms with Crippen molar-refractivity contribution in [2.45, 2.75) is 44.6 Å². The molecule has 40 heavy (non-hydrogen) atoms. The third-order valence-electron chi connectivity index (χ3n) is 6.24. The van der Waals surface area contributed by atoms with Crippen LogP contribution in [0.2, 0.25) is 5.02 Å². The molecule has 1 aromatic heterocycles. The van der Waals surface area contributed by atoms with E-state index in [1.807, 2.05) is 61.0 Å². The molecule has 0 spiro atoms. The van der Waals surface area contributed by atoms with E-state index in [-0.39, 0.29) is 30.3 Å². The molecule has 0 aliphatic rings. The predicted octanol–water partition coefficient (Wildman–Crippen LogP) is 7.32. The highest BCUT2D eigenvalue weighted by Crippen LogP contribution is 2.34. The van der Waals surface area contributed by atoms with E-state index in [0.717, 1.165) is 23.1 Å². The molecule has 4 aromatic rings. The van der Waals surface area contributed by atoms with Gasteiger partial charge < -0.3 is 9.64 Å². The van der Waals surface area contributed by atoms with Gasteiger partial charge in [0.2, 0.25) is 15.9 Å². The van der Waals surface area contributed by atoms with Crippen LogP contribution in [-0.2, 0) is 27.8 Å². The maximum absolute atomic E-state index is 14.0. The van der Waals surface area contributed by atoms with E-state index in [4.69, 9.17) is 16.3 Å². The Kier molecular flexibility index (Phi) is 10.4. The average molecular weight is 597 g/mol. The van der Waals surface area contributed by atoms with Crippen molar-refractivity contribution in [2.24, 2.45) is 0 Å². The molecule has 0 saturated carbocycles. The van der Waals surface area contributed by atoms with Crippen LogP contribution < -0.4 is 14.4 Å². The fourth-order valence-electron chi connectivity index (χ4n) is 4.25. The first-order valence-electron chi connectivity index (χ1n) is 13.2. The predicted molar refractivity (Wildman–Crippen MR) is 164 cm³/mol. The van der Waals surface area contributed by atoms with Crippen molar-refractivity contribution < 1.29 is 17.9 Å². The van der Waals surface area contributed by atoms with Crippen LogP contribution in [0.5, 0.6) is 5.75 Å². The molecule has 0 aliphatic heterocycles. The number of ether oxygens (including phenoxy) is 1. The number of thiophene rings is 1. The van der Waals surface area contributed by atoms with Gasteiger partial charge in [-0.25, -0.2) is 13.1 Å². The van der Waals surface area contributed by atoms with Gasteiger partial charge >= 0.3 is 0 Å². The van der Waals surface area contributed by atoms with Crippen LogP contribution in [0.4, 0.5) is 5.69 Å². The van der Waals surface area contributed by atoms with Gasteiger partial charge in [0.15, 0.2) is 0 Å². The Balaban J connectivity index is 1.89. The van der Waals surface area contributed by atoms with Crippen molar-refractivity contribution in [3.8, 4) is 16.9 Å². The lowest BCUT2D eigenvalue weighted by Crippen LogP contribution is -2.34. The topological polar surface area (TPSA) is 75.7 Å². The van der Waals surface area contributed by atoms with Gasteiger partial charge in [-0.15, -0.1) is 0 Å². The monoisotopic (exact) mass is 596 g/mol. The fraction of sp³-hybridized carbons (Fsp3) is 0.258. The smallest absolute Gasteiger partial charge is 0.242 e. The molecular weight excluding hydrogens is 564 g/mol. The molecule has 0 fully saturated rings. The number of hydrogen-bond acceptors (Lipinski definition) is 5. The Hall–Kier alpha value is -3.17. The van der Waals surface area contributed by atoms with Crippen LogP contribution in [-0.4, -0.2) is 27.5 Å². The SMILES string of the molecule is CCCNS(=O)(=O)c1ccc(-c2ccccc2)cc1N(Cc1cc(Cl)ccc1OCCC)C(=O)Cc1ccsc1. The van der Waals surface area contributed by atoms with Crippen LogP contribution >= 0.6 is 22.9 Å². The second-order valence-electron chi connectivity index (χ2n) is 9.34. The second-order valence-corrected chi connectivity index (χ2v) is 12.3. The highest BCUT2D eigenvalue weighted by Gasteiger charge is 2.27. The van der Waals surface area contributed by atoms with Crippen molar-refractivity contribution >= 4 is 44.6 Å². The van der Waals surface area contributed by atoms with Crippen molar-refractivity contribution in [2.75, 3.05) is 18.1 Å². The minimum Gasteiger partial charge on any atom is -0.493 e. The number of carbonyl (C=O) groups is 1. The van der Waals surface area contributed by atoms with Gasteiger partial charge in [0.1, 0.15) is 10.6 Å². The van der Waals surface area contributed by atoms with E-state index in [2.05, 4.69) is 4.72 Å². The lowest BCUT2D eigenvalue weighted by atomic mass is 10.0. The number of halogens is 1. The van der Waals surface area contributed by atoms with Crippen molar-refractivity contribution in [3.63, 3.8) is 0 Å². The molecular formula is C31H33ClN2O4S2. The van der Waals surface area contributed by atoms with E-state index in [9.17, 15) is 13.2 Å². The molecule has 0 aliphatic carbocycles. The lowest BCUT2D eigenvalue weighted by Gasteiger charge is -2.27. The summed E-state index contributed by atoms with van der Waals surface area (Å²) in [5, 5.41) is 4.34. The van der Waals surface area contributed by atoms with Gasteiger partial charge in [-0.05, 0) is 76.7 Å². The number of anilines is 1. The number of hydrogen-bond donors (Lipinski definition) is 1. The number of sulfonamides is 1. The zero-order valence-electron chi connectivity index (χ0n) is 22.6. The van der Waals surface area contributed by atoms with Gasteiger partial charge in [0, 0.05) is 17.1 Å². The summed E-state index contributed by atoms with van der Waals surface area (Å²) in [7, 11) is -3.92. The summed E-state index contributed by atoms with van der Waals surface area (Å²) in [6.45, 7) is 4.78. The summed E-state index contributed by atoms with van der Waals surface area (Å²) >= 11 is 7.89. The molecule has 9 heteroatoms. The quantitative estimate of drug-likeness (QED) is 0.175. The first kappa shape index (κ1) is 29.8. The van der Waals surface area contributed by atoms with Crippen LogP contribution in [0.1, 0.15) is 37.8 Å². The molecule has 1 amide bonds. The van der Waals surface area contributed by atoms with Crippen molar-refractivity contribution in [1.29, 1.82) is 0 Å². The van der Waals surface area contributed by atoms with E-state index in [1.54, 1.807) is 36.4 Å². The third kappa shape index (κ3) is 7.52. The minimum atomic E-state index is -3.92. The van der Waals surface area contributed by atoms with Gasteiger partial charge in [0.25, 0.3) is 0 Å². The van der Waals surface area contributed by atoms with Gasteiger partial charge in [-0.2, -0.15) is 11.3 Å². The molecule has 6 nitrogen and oxygen atoms in total. The zero-order chi connectivity index (χ0) is 28.5. The molecule has 0 bridgehead atoms. The standard InChI is InChI=1S/C31H33ClN2O4S2/c1-3-15-33-40(36,37)30-13-10-25(24-8-6-5-7-9-24)20-28(30)34(31(35)18-23-14-17-39-22-23)21-26-19-27(32)11-12-29(26)38-16-4-2/h5-14,17,19-20,22,33H,3-4,15-16,18,21H2,1-2H3. The summed E-state index contributed by atoms with van der Waals surface area (Å²) in [6, 6.07) is 22.0. The maximum Gasteiger partial charge on any atom is 0.242 e. The van der Waals surface area contributed by atoms with Gasteiger partial charge in [0.05, 0.1) is 25.3 Å². The van der Waals surface area contributed by atoms with E-state index in [1.165, 1.54) is 16.2 Å². The third-order valence-corrected chi connectivity index (χ3v) is 8.71. The van der Waals surface area contributed by atoms with Crippen LogP contribution in [0, 0.1) is 0 Å². The Morgan fingerprint density at radius 3 is 2.48 bits per heavy atom. The average Bonchev–Trinajstić information content (AvgIpc) is 3.47. The molecule has 0 atom stereocenters. The van der Waals surface area contributed by atoms with E-state index < -0.39 is 10.0 Å². The Bertz CT molecular complexity index is 1520. The maximum atomic E-state index is 14.0. The molecule has 4 rings (SSSR count). The number of nitrogens with zero attached hydrogens (tertiary/aromatic N) is 1. The summed E-state index contributed by atoms with van der Waals surface area (Å²) in [4.78, 5) is 15.6. The Morgan fingerprint density at radius 1 is 0.975 bits per heavy atom. The molecule has 3 aromatic carbocycles. The summed E-state index contributed by atoms with van der Waals surface area (Å²) in [5.74, 6) is 0.365. The van der Waals surface area contributed by atoms with Crippen LogP contribution in [0.3, 0.4) is 0 Å². The van der Waals surface area contributed by atoms with E-state index in [0.29, 0.717) is 35.1 Å². The first-order chi connectivity index (χ1) is 19.3. The van der Waals surface area contributed by atoms with Crippen LogP contribution in [0.15, 0.2) is 88.5 Å². The number of carbonyl (C=O) groups excluding carboxylic acids is 1. The van der Waals surface area contributed by atoms with Crippen molar-refractivity contribution in [1.82, 2.24) is 4.72 Å². The fourth-order valence-corrected chi connectivity index (χ4v) is 6.43. The minimum absolute atomic E-state index is 0.0392. The number of amides is 1. The van der Waals surface area contributed by atoms with Crippen LogP contribution in [0.25, 0.3) is 11.1 Å². The highest BCUT2D eigenvalue weighted by molar-refractivity contribution is 7.89. The molecule has 0 radical (unpaired) electrons. The zero-order valence-corrected chi connectivity index (χ0v) is 25.0. The highest BCUT2D eigenvalue weighted by atomic mass is 35.5. The molecule has 0 unspecified atom stereocenters. The van der Waals surface area contributed by atoms with Crippen molar-refractivity contribution in [3.05, 3.63) is 99.7 Å².